The predicted octanol–water partition coefficient (Wildman–Crippen LogP) is 4.27. The van der Waals surface area contributed by atoms with Crippen LogP contribution in [0, 0.1) is 19.8 Å². The topological polar surface area (TPSA) is 169 Å². The highest BCUT2D eigenvalue weighted by Crippen LogP contribution is 2.31. The normalized spacial score (nSPS) is 21.1. The molecule has 16 heteroatoms. The molecule has 1 aliphatic rings. The third kappa shape index (κ3) is 8.72. The number of hydrogen-bond donors (Lipinski definition) is 2. The number of aliphatic hydroxyl groups is 1. The zero-order valence-electron chi connectivity index (χ0n) is 27.5. The summed E-state index contributed by atoms with van der Waals surface area (Å²) in [5, 5.41) is 15.6. The molecule has 0 bridgehead atoms. The van der Waals surface area contributed by atoms with Crippen LogP contribution in [0.5, 0.6) is 5.75 Å². The summed E-state index contributed by atoms with van der Waals surface area (Å²) < 4.78 is 74.6. The van der Waals surface area contributed by atoms with Gasteiger partial charge in [0.1, 0.15) is 15.7 Å². The van der Waals surface area contributed by atoms with Crippen LogP contribution in [0.1, 0.15) is 61.8 Å². The number of carbonyl (C=O) groups is 1. The zero-order chi connectivity index (χ0) is 34.5. The minimum absolute atomic E-state index is 0.0562. The van der Waals surface area contributed by atoms with Crippen LogP contribution in [0.25, 0.3) is 0 Å². The lowest BCUT2D eigenvalue weighted by atomic mass is 10.0. The summed E-state index contributed by atoms with van der Waals surface area (Å²) in [5.41, 5.74) is 0.431. The molecular formula is C31H44N4O9S3. The van der Waals surface area contributed by atoms with Crippen LogP contribution in [-0.2, 0) is 24.8 Å². The molecule has 4 atom stereocenters. The van der Waals surface area contributed by atoms with Crippen molar-refractivity contribution in [3.05, 3.63) is 52.7 Å². The van der Waals surface area contributed by atoms with Crippen LogP contribution in [0.3, 0.4) is 0 Å². The molecule has 0 aliphatic carbocycles. The van der Waals surface area contributed by atoms with Gasteiger partial charge in [-0.25, -0.2) is 16.8 Å². The number of aryl methyl sites for hydroxylation is 2. The highest BCUT2D eigenvalue weighted by atomic mass is 32.2. The third-order valence-corrected chi connectivity index (χ3v) is 13.0. The van der Waals surface area contributed by atoms with Gasteiger partial charge in [-0.2, -0.15) is 4.31 Å². The quantitative estimate of drug-likeness (QED) is 0.327. The van der Waals surface area contributed by atoms with E-state index in [2.05, 4.69) is 9.88 Å². The second-order valence-corrected chi connectivity index (χ2v) is 16.8. The van der Waals surface area contributed by atoms with Crippen molar-refractivity contribution in [1.82, 2.24) is 14.4 Å². The van der Waals surface area contributed by atoms with Gasteiger partial charge in [-0.1, -0.05) is 18.1 Å². The van der Waals surface area contributed by atoms with Crippen LogP contribution in [0.15, 0.2) is 49.3 Å². The van der Waals surface area contributed by atoms with Gasteiger partial charge in [-0.15, -0.1) is 11.3 Å². The first-order valence-electron chi connectivity index (χ1n) is 15.4. The first-order chi connectivity index (χ1) is 22.1. The summed E-state index contributed by atoms with van der Waals surface area (Å²) in [6.07, 6.45) is 1.28. The number of likely N-dealkylation sites (N-methyl/N-ethyl adjacent to an activating group) is 1. The number of carbonyl (C=O) groups excluding carboxylic acids is 1. The second kappa shape index (κ2) is 15.5. The highest BCUT2D eigenvalue weighted by molar-refractivity contribution is 7.92. The average molecular weight is 713 g/mol. The second-order valence-electron chi connectivity index (χ2n) is 12.0. The van der Waals surface area contributed by atoms with Gasteiger partial charge >= 0.3 is 0 Å². The fourth-order valence-electron chi connectivity index (χ4n) is 5.43. The van der Waals surface area contributed by atoms with Crippen molar-refractivity contribution in [3.8, 4) is 5.75 Å². The minimum atomic E-state index is -4.11. The van der Waals surface area contributed by atoms with E-state index in [1.165, 1.54) is 42.2 Å². The number of hydrogen-bond acceptors (Lipinski definition) is 11. The molecule has 4 rings (SSSR count). The summed E-state index contributed by atoms with van der Waals surface area (Å²) in [6.45, 7) is 8.70. The van der Waals surface area contributed by atoms with E-state index in [4.69, 9.17) is 14.0 Å². The summed E-state index contributed by atoms with van der Waals surface area (Å²) in [6, 6.07) is 7.10. The number of thiophene rings is 1. The van der Waals surface area contributed by atoms with Gasteiger partial charge in [0.25, 0.3) is 26.0 Å². The Morgan fingerprint density at radius 2 is 1.91 bits per heavy atom. The van der Waals surface area contributed by atoms with Gasteiger partial charge in [-0.05, 0) is 76.6 Å². The predicted molar refractivity (Wildman–Crippen MR) is 178 cm³/mol. The molecular weight excluding hydrogens is 669 g/mol. The largest absolute Gasteiger partial charge is 0.490 e. The number of benzene rings is 1. The van der Waals surface area contributed by atoms with E-state index in [0.29, 0.717) is 19.4 Å². The summed E-state index contributed by atoms with van der Waals surface area (Å²) in [4.78, 5) is 15.7. The van der Waals surface area contributed by atoms with Gasteiger partial charge in [0, 0.05) is 38.3 Å². The Morgan fingerprint density at radius 3 is 2.55 bits per heavy atom. The van der Waals surface area contributed by atoms with Crippen molar-refractivity contribution in [2.24, 2.45) is 5.92 Å². The fourth-order valence-corrected chi connectivity index (χ4v) is 9.19. The van der Waals surface area contributed by atoms with Crippen molar-refractivity contribution in [2.45, 2.75) is 81.2 Å². The number of sulfonamides is 2. The monoisotopic (exact) mass is 712 g/mol. The maximum atomic E-state index is 14.3. The summed E-state index contributed by atoms with van der Waals surface area (Å²) >= 11 is 1.14. The molecule has 1 aliphatic heterocycles. The van der Waals surface area contributed by atoms with E-state index >= 15 is 0 Å². The lowest BCUT2D eigenvalue weighted by Crippen LogP contribution is -2.48. The smallest absolute Gasteiger partial charge is 0.267 e. The Hall–Kier alpha value is -3.02. The number of rotatable bonds is 9. The van der Waals surface area contributed by atoms with Crippen LogP contribution < -0.4 is 9.46 Å². The molecule has 0 saturated heterocycles. The minimum Gasteiger partial charge on any atom is -0.490 e. The molecule has 0 fully saturated rings. The number of nitrogens with one attached hydrogen (secondary N) is 1. The number of ether oxygens (including phenoxy) is 2. The first-order valence-corrected chi connectivity index (χ1v) is 19.3. The number of fused-ring (bicyclic) bond motifs is 1. The van der Waals surface area contributed by atoms with Crippen molar-refractivity contribution < 1.29 is 40.7 Å². The number of amides is 1. The third-order valence-electron chi connectivity index (χ3n) is 8.14. The Labute approximate surface area is 280 Å². The van der Waals surface area contributed by atoms with E-state index in [1.807, 2.05) is 13.8 Å². The fraction of sp³-hybridized carbons (Fsp3) is 0.548. The van der Waals surface area contributed by atoms with Crippen LogP contribution >= 0.6 is 11.3 Å². The lowest BCUT2D eigenvalue weighted by molar-refractivity contribution is -0.00832. The summed E-state index contributed by atoms with van der Waals surface area (Å²) in [5.74, 6) is -0.447. The van der Waals surface area contributed by atoms with Gasteiger partial charge in [0.05, 0.1) is 30.4 Å². The Kier molecular flexibility index (Phi) is 12.1. The molecule has 13 nitrogen and oxygen atoms in total. The molecule has 1 amide bonds. The molecule has 0 spiro atoms. The van der Waals surface area contributed by atoms with Crippen LogP contribution in [0.2, 0.25) is 0 Å². The standard InChI is InChI=1S/C31H44N4O9S3/c1-20-17-35(21(2)19-36)31(37)26-16-25(33-46(38,39)30-23(4)32-44-24(30)5)12-13-27(26)43-22(3)10-7-8-14-42-28(20)18-34(6)47(40,41)29-11-9-15-45-29/h9,11-13,15-16,20-22,28,33,36H,7-8,10,14,17-19H2,1-6H3/t20-,21-,22-,28-/m0/s1. The molecule has 1 aromatic carbocycles. The summed E-state index contributed by atoms with van der Waals surface area (Å²) in [7, 11) is -6.34. The van der Waals surface area contributed by atoms with Crippen molar-refractivity contribution in [2.75, 3.05) is 38.1 Å². The average Bonchev–Trinajstić information content (AvgIpc) is 3.69. The van der Waals surface area contributed by atoms with E-state index in [1.54, 1.807) is 30.5 Å². The van der Waals surface area contributed by atoms with E-state index < -0.39 is 38.1 Å². The first kappa shape index (κ1) is 36.8. The maximum absolute atomic E-state index is 14.3. The van der Waals surface area contributed by atoms with Gasteiger partial charge in [0.15, 0.2) is 10.7 Å². The maximum Gasteiger partial charge on any atom is 0.267 e. The molecule has 0 unspecified atom stereocenters. The molecule has 47 heavy (non-hydrogen) atoms. The number of nitrogens with zero attached hydrogens (tertiary/aromatic N) is 3. The van der Waals surface area contributed by atoms with E-state index in [9.17, 15) is 26.7 Å². The lowest BCUT2D eigenvalue weighted by Gasteiger charge is -2.35. The Bertz CT molecular complexity index is 1710. The van der Waals surface area contributed by atoms with Gasteiger partial charge in [0.2, 0.25) is 0 Å². The van der Waals surface area contributed by atoms with E-state index in [0.717, 1.165) is 17.8 Å². The number of anilines is 1. The molecule has 0 saturated carbocycles. The zero-order valence-corrected chi connectivity index (χ0v) is 30.0. The number of aliphatic hydroxyl groups excluding tert-OH is 1. The molecule has 2 N–H and O–H groups in total. The molecule has 260 valence electrons. The molecule has 3 aromatic rings. The Balaban J connectivity index is 1.69. The SMILES string of the molecule is Cc1noc(C)c1S(=O)(=O)Nc1ccc2c(c1)C(=O)N([C@@H](C)CO)C[C@H](C)[C@H](CN(C)S(=O)(=O)c1cccs1)OCCCC[C@H](C)O2. The highest BCUT2D eigenvalue weighted by Gasteiger charge is 2.33. The number of aromatic nitrogens is 1. The molecule has 2 aromatic heterocycles. The van der Waals surface area contributed by atoms with Crippen molar-refractivity contribution >= 4 is 43.0 Å². The Morgan fingerprint density at radius 1 is 1.17 bits per heavy atom. The van der Waals surface area contributed by atoms with Crippen molar-refractivity contribution in [3.63, 3.8) is 0 Å². The van der Waals surface area contributed by atoms with Crippen LogP contribution in [0.4, 0.5) is 5.69 Å². The molecule has 3 heterocycles. The van der Waals surface area contributed by atoms with E-state index in [-0.39, 0.29) is 69.3 Å². The molecule has 0 radical (unpaired) electrons. The van der Waals surface area contributed by atoms with Crippen molar-refractivity contribution in [1.29, 1.82) is 0 Å². The van der Waals surface area contributed by atoms with Crippen LogP contribution in [-0.4, -0.2) is 93.8 Å². The van der Waals surface area contributed by atoms with Gasteiger partial charge < -0.3 is 24.0 Å². The van der Waals surface area contributed by atoms with Gasteiger partial charge in [-0.3, -0.25) is 9.52 Å².